The average Bonchev–Trinajstić information content (AvgIpc) is 3.43. The summed E-state index contributed by atoms with van der Waals surface area (Å²) >= 11 is 0. The molecule has 2 atom stereocenters. The van der Waals surface area contributed by atoms with Crippen molar-refractivity contribution in [3.05, 3.63) is 82.9 Å². The van der Waals surface area contributed by atoms with E-state index in [9.17, 15) is 9.18 Å². The van der Waals surface area contributed by atoms with Crippen LogP contribution in [0.15, 0.2) is 54.6 Å². The second-order valence-electron chi connectivity index (χ2n) is 7.14. The van der Waals surface area contributed by atoms with E-state index in [0.717, 1.165) is 23.5 Å². The standard InChI is InChI=1S/C22H22FN3O/c1-14-21(15(2)26(25-14)13-17-10-6-7-11-20(17)23)24-22(27)19-12-18(19)16-8-4-3-5-9-16/h3-11,18-19H,12-13H2,1-2H3,(H,24,27). The smallest absolute Gasteiger partial charge is 0.228 e. The largest absolute Gasteiger partial charge is 0.323 e. The maximum atomic E-state index is 13.9. The molecule has 1 aliphatic carbocycles. The normalized spacial score (nSPS) is 18.3. The lowest BCUT2D eigenvalue weighted by atomic mass is 10.1. The molecule has 1 saturated carbocycles. The van der Waals surface area contributed by atoms with E-state index in [1.165, 1.54) is 11.6 Å². The van der Waals surface area contributed by atoms with Crippen LogP contribution in [0.25, 0.3) is 0 Å². The van der Waals surface area contributed by atoms with Crippen molar-refractivity contribution in [2.75, 3.05) is 5.32 Å². The van der Waals surface area contributed by atoms with Crippen LogP contribution in [0.2, 0.25) is 0 Å². The van der Waals surface area contributed by atoms with Crippen LogP contribution in [0.1, 0.15) is 34.9 Å². The van der Waals surface area contributed by atoms with E-state index in [1.807, 2.05) is 38.1 Å². The number of halogens is 1. The van der Waals surface area contributed by atoms with Gasteiger partial charge in [-0.3, -0.25) is 9.48 Å². The fourth-order valence-electron chi connectivity index (χ4n) is 3.59. The van der Waals surface area contributed by atoms with Crippen molar-refractivity contribution in [3.63, 3.8) is 0 Å². The number of nitrogens with zero attached hydrogens (tertiary/aromatic N) is 2. The highest BCUT2D eigenvalue weighted by atomic mass is 19.1. The molecular formula is C22H22FN3O. The zero-order valence-electron chi connectivity index (χ0n) is 15.4. The topological polar surface area (TPSA) is 46.9 Å². The summed E-state index contributed by atoms with van der Waals surface area (Å²) in [5.41, 5.74) is 4.10. The maximum absolute atomic E-state index is 13.9. The molecule has 4 nitrogen and oxygen atoms in total. The molecule has 1 heterocycles. The fraction of sp³-hybridized carbons (Fsp3) is 0.273. The van der Waals surface area contributed by atoms with E-state index >= 15 is 0 Å². The highest BCUT2D eigenvalue weighted by Crippen LogP contribution is 2.48. The third-order valence-electron chi connectivity index (χ3n) is 5.26. The first-order chi connectivity index (χ1) is 13.0. The summed E-state index contributed by atoms with van der Waals surface area (Å²) < 4.78 is 15.7. The van der Waals surface area contributed by atoms with Gasteiger partial charge in [-0.05, 0) is 37.8 Å². The summed E-state index contributed by atoms with van der Waals surface area (Å²) in [5, 5.41) is 7.54. The molecule has 27 heavy (non-hydrogen) atoms. The lowest BCUT2D eigenvalue weighted by Gasteiger charge is -2.08. The SMILES string of the molecule is Cc1nn(Cc2ccccc2F)c(C)c1NC(=O)C1CC1c1ccccc1. The van der Waals surface area contributed by atoms with E-state index in [1.54, 1.807) is 16.8 Å². The van der Waals surface area contributed by atoms with Crippen LogP contribution in [0.4, 0.5) is 10.1 Å². The van der Waals surface area contributed by atoms with Gasteiger partial charge < -0.3 is 5.32 Å². The number of carbonyl (C=O) groups is 1. The molecule has 4 rings (SSSR count). The minimum absolute atomic E-state index is 0.00103. The van der Waals surface area contributed by atoms with Crippen LogP contribution in [0, 0.1) is 25.6 Å². The molecule has 0 saturated heterocycles. The van der Waals surface area contributed by atoms with Gasteiger partial charge in [-0.25, -0.2) is 4.39 Å². The molecule has 0 spiro atoms. The summed E-state index contributed by atoms with van der Waals surface area (Å²) in [6.07, 6.45) is 0.872. The number of aryl methyl sites for hydroxylation is 1. The van der Waals surface area contributed by atoms with Gasteiger partial charge in [0.15, 0.2) is 0 Å². The second-order valence-corrected chi connectivity index (χ2v) is 7.14. The van der Waals surface area contributed by atoms with Crippen LogP contribution in [-0.2, 0) is 11.3 Å². The Bertz CT molecular complexity index is 980. The molecule has 3 aromatic rings. The summed E-state index contributed by atoms with van der Waals surface area (Å²) in [4.78, 5) is 12.7. The second kappa shape index (κ2) is 6.99. The monoisotopic (exact) mass is 363 g/mol. The maximum Gasteiger partial charge on any atom is 0.228 e. The number of carbonyl (C=O) groups excluding carboxylic acids is 1. The molecule has 1 aliphatic rings. The lowest BCUT2D eigenvalue weighted by Crippen LogP contribution is -2.16. The van der Waals surface area contributed by atoms with Crippen molar-refractivity contribution in [2.24, 2.45) is 5.92 Å². The molecule has 0 radical (unpaired) electrons. The van der Waals surface area contributed by atoms with Crippen molar-refractivity contribution in [1.82, 2.24) is 9.78 Å². The Labute approximate surface area is 158 Å². The minimum Gasteiger partial charge on any atom is -0.323 e. The Kier molecular flexibility index (Phi) is 4.52. The van der Waals surface area contributed by atoms with Gasteiger partial charge in [-0.15, -0.1) is 0 Å². The van der Waals surface area contributed by atoms with Gasteiger partial charge in [0, 0.05) is 11.5 Å². The van der Waals surface area contributed by atoms with Gasteiger partial charge in [0.05, 0.1) is 23.6 Å². The fourth-order valence-corrected chi connectivity index (χ4v) is 3.59. The quantitative estimate of drug-likeness (QED) is 0.729. The van der Waals surface area contributed by atoms with E-state index in [0.29, 0.717) is 18.0 Å². The number of aromatic nitrogens is 2. The summed E-state index contributed by atoms with van der Waals surface area (Å²) in [6.45, 7) is 4.10. The Morgan fingerprint density at radius 3 is 2.59 bits per heavy atom. The highest BCUT2D eigenvalue weighted by Gasteiger charge is 2.44. The third-order valence-corrected chi connectivity index (χ3v) is 5.26. The van der Waals surface area contributed by atoms with Gasteiger partial charge in [0.25, 0.3) is 0 Å². The zero-order chi connectivity index (χ0) is 19.0. The van der Waals surface area contributed by atoms with E-state index in [4.69, 9.17) is 0 Å². The molecule has 0 bridgehead atoms. The van der Waals surface area contributed by atoms with Crippen molar-refractivity contribution < 1.29 is 9.18 Å². The minimum atomic E-state index is -0.251. The van der Waals surface area contributed by atoms with Crippen LogP contribution in [-0.4, -0.2) is 15.7 Å². The molecule has 0 aliphatic heterocycles. The summed E-state index contributed by atoms with van der Waals surface area (Å²) in [7, 11) is 0. The first kappa shape index (κ1) is 17.5. The van der Waals surface area contributed by atoms with Crippen molar-refractivity contribution in [2.45, 2.75) is 32.7 Å². The van der Waals surface area contributed by atoms with Gasteiger partial charge in [0.2, 0.25) is 5.91 Å². The molecule has 1 amide bonds. The number of benzene rings is 2. The molecular weight excluding hydrogens is 341 g/mol. The van der Waals surface area contributed by atoms with Gasteiger partial charge in [-0.1, -0.05) is 48.5 Å². The van der Waals surface area contributed by atoms with Crippen molar-refractivity contribution in [3.8, 4) is 0 Å². The van der Waals surface area contributed by atoms with Crippen molar-refractivity contribution in [1.29, 1.82) is 0 Å². The Hall–Kier alpha value is -2.95. The molecule has 5 heteroatoms. The molecule has 1 fully saturated rings. The Morgan fingerprint density at radius 1 is 1.15 bits per heavy atom. The number of rotatable bonds is 5. The third kappa shape index (κ3) is 3.50. The number of anilines is 1. The highest BCUT2D eigenvalue weighted by molar-refractivity contribution is 5.96. The number of nitrogens with one attached hydrogen (secondary N) is 1. The van der Waals surface area contributed by atoms with Gasteiger partial charge >= 0.3 is 0 Å². The number of amides is 1. The van der Waals surface area contributed by atoms with E-state index in [2.05, 4.69) is 22.5 Å². The summed E-state index contributed by atoms with van der Waals surface area (Å²) in [5.74, 6) is 0.0706. The van der Waals surface area contributed by atoms with Crippen LogP contribution < -0.4 is 5.32 Å². The van der Waals surface area contributed by atoms with Gasteiger partial charge in [-0.2, -0.15) is 5.10 Å². The summed E-state index contributed by atoms with van der Waals surface area (Å²) in [6, 6.07) is 16.8. The number of hydrogen-bond donors (Lipinski definition) is 1. The lowest BCUT2D eigenvalue weighted by molar-refractivity contribution is -0.117. The van der Waals surface area contributed by atoms with Crippen LogP contribution in [0.3, 0.4) is 0 Å². The van der Waals surface area contributed by atoms with Gasteiger partial charge in [0.1, 0.15) is 5.82 Å². The average molecular weight is 363 g/mol. The van der Waals surface area contributed by atoms with Crippen LogP contribution >= 0.6 is 0 Å². The first-order valence-electron chi connectivity index (χ1n) is 9.18. The molecule has 138 valence electrons. The number of hydrogen-bond acceptors (Lipinski definition) is 2. The zero-order valence-corrected chi connectivity index (χ0v) is 15.4. The Balaban J connectivity index is 1.48. The Morgan fingerprint density at radius 2 is 1.85 bits per heavy atom. The van der Waals surface area contributed by atoms with Crippen LogP contribution in [0.5, 0.6) is 0 Å². The predicted octanol–water partition coefficient (Wildman–Crippen LogP) is 4.43. The molecule has 2 unspecified atom stereocenters. The predicted molar refractivity (Wildman–Crippen MR) is 103 cm³/mol. The molecule has 1 N–H and O–H groups in total. The molecule has 2 aromatic carbocycles. The first-order valence-corrected chi connectivity index (χ1v) is 9.18. The molecule has 1 aromatic heterocycles. The van der Waals surface area contributed by atoms with E-state index < -0.39 is 0 Å². The van der Waals surface area contributed by atoms with Crippen molar-refractivity contribution >= 4 is 11.6 Å². The van der Waals surface area contributed by atoms with E-state index in [-0.39, 0.29) is 17.6 Å².